The minimum Gasteiger partial charge on any atom is -0.313 e. The van der Waals surface area contributed by atoms with E-state index in [-0.39, 0.29) is 0 Å². The number of hydrogen-bond donors (Lipinski definition) is 1. The summed E-state index contributed by atoms with van der Waals surface area (Å²) < 4.78 is 0. The molecule has 0 radical (unpaired) electrons. The zero-order valence-electron chi connectivity index (χ0n) is 10.9. The smallest absolute Gasteiger partial charge is 0.0223 e. The average molecular weight is 225 g/mol. The Morgan fingerprint density at radius 1 is 1.25 bits per heavy atom. The van der Waals surface area contributed by atoms with Crippen molar-refractivity contribution in [1.82, 2.24) is 15.1 Å². The summed E-state index contributed by atoms with van der Waals surface area (Å²) in [5, 5.41) is 3.58. The van der Waals surface area contributed by atoms with Gasteiger partial charge in [0.05, 0.1) is 0 Å². The summed E-state index contributed by atoms with van der Waals surface area (Å²) >= 11 is 0. The fourth-order valence-corrected chi connectivity index (χ4v) is 3.24. The van der Waals surface area contributed by atoms with E-state index in [1.807, 2.05) is 0 Å². The van der Waals surface area contributed by atoms with Crippen LogP contribution in [0.15, 0.2) is 0 Å². The van der Waals surface area contributed by atoms with E-state index < -0.39 is 0 Å². The third-order valence-corrected chi connectivity index (χ3v) is 4.12. The molecule has 0 aromatic heterocycles. The molecule has 16 heavy (non-hydrogen) atoms. The van der Waals surface area contributed by atoms with Gasteiger partial charge in [-0.3, -0.25) is 4.90 Å². The summed E-state index contributed by atoms with van der Waals surface area (Å²) in [5.74, 6) is 0. The molecule has 2 saturated heterocycles. The number of likely N-dealkylation sites (N-methyl/N-ethyl adjacent to an activating group) is 2. The van der Waals surface area contributed by atoms with Crippen LogP contribution < -0.4 is 5.32 Å². The molecule has 3 heteroatoms. The lowest BCUT2D eigenvalue weighted by molar-refractivity contribution is 0.190. The topological polar surface area (TPSA) is 18.5 Å². The molecule has 2 fully saturated rings. The predicted molar refractivity (Wildman–Crippen MR) is 68.8 cm³/mol. The lowest BCUT2D eigenvalue weighted by Crippen LogP contribution is -2.43. The number of rotatable bonds is 5. The van der Waals surface area contributed by atoms with Crippen LogP contribution in [0.25, 0.3) is 0 Å². The van der Waals surface area contributed by atoms with E-state index in [1.165, 1.54) is 58.4 Å². The van der Waals surface area contributed by atoms with Gasteiger partial charge in [-0.05, 0) is 52.4 Å². The molecule has 2 unspecified atom stereocenters. The number of likely N-dealkylation sites (tertiary alicyclic amines) is 1. The van der Waals surface area contributed by atoms with Crippen molar-refractivity contribution in [3.8, 4) is 0 Å². The highest BCUT2D eigenvalue weighted by Gasteiger charge is 2.25. The second-order valence-corrected chi connectivity index (χ2v) is 5.44. The Kier molecular flexibility index (Phi) is 4.62. The molecule has 0 aromatic rings. The molecular formula is C13H27N3. The summed E-state index contributed by atoms with van der Waals surface area (Å²) in [5.41, 5.74) is 0. The van der Waals surface area contributed by atoms with Crippen LogP contribution in [0.2, 0.25) is 0 Å². The first-order valence-electron chi connectivity index (χ1n) is 6.95. The fraction of sp³-hybridized carbons (Fsp3) is 1.00. The van der Waals surface area contributed by atoms with Crippen LogP contribution in [0.3, 0.4) is 0 Å². The van der Waals surface area contributed by atoms with Crippen LogP contribution in [-0.2, 0) is 0 Å². The van der Waals surface area contributed by atoms with Gasteiger partial charge < -0.3 is 10.2 Å². The largest absolute Gasteiger partial charge is 0.313 e. The van der Waals surface area contributed by atoms with Crippen LogP contribution in [0.4, 0.5) is 0 Å². The molecule has 3 nitrogen and oxygen atoms in total. The van der Waals surface area contributed by atoms with Crippen LogP contribution >= 0.6 is 0 Å². The van der Waals surface area contributed by atoms with Crippen molar-refractivity contribution in [2.75, 3.05) is 39.8 Å². The summed E-state index contributed by atoms with van der Waals surface area (Å²) in [6, 6.07) is 1.57. The summed E-state index contributed by atoms with van der Waals surface area (Å²) in [6.45, 7) is 8.54. The molecule has 1 N–H and O–H groups in total. The van der Waals surface area contributed by atoms with Gasteiger partial charge in [0.25, 0.3) is 0 Å². The normalized spacial score (nSPS) is 31.7. The molecule has 0 aromatic carbocycles. The highest BCUT2D eigenvalue weighted by atomic mass is 15.2. The molecule has 2 aliphatic rings. The molecule has 2 heterocycles. The number of hydrogen-bond acceptors (Lipinski definition) is 3. The van der Waals surface area contributed by atoms with Gasteiger partial charge in [0.2, 0.25) is 0 Å². The predicted octanol–water partition coefficient (Wildman–Crippen LogP) is 1.15. The molecule has 0 bridgehead atoms. The van der Waals surface area contributed by atoms with Crippen molar-refractivity contribution in [3.05, 3.63) is 0 Å². The molecule has 0 spiro atoms. The Balaban J connectivity index is 1.71. The Bertz CT molecular complexity index is 201. The average Bonchev–Trinajstić information content (AvgIpc) is 2.88. The first-order chi connectivity index (χ1) is 7.79. The first-order valence-corrected chi connectivity index (χ1v) is 6.95. The van der Waals surface area contributed by atoms with E-state index in [0.29, 0.717) is 0 Å². The monoisotopic (exact) mass is 225 g/mol. The summed E-state index contributed by atoms with van der Waals surface area (Å²) in [4.78, 5) is 5.17. The Morgan fingerprint density at radius 3 is 2.81 bits per heavy atom. The number of nitrogens with one attached hydrogen (secondary N) is 1. The van der Waals surface area contributed by atoms with E-state index in [1.54, 1.807) is 0 Å². The van der Waals surface area contributed by atoms with Gasteiger partial charge in [0.1, 0.15) is 0 Å². The van der Waals surface area contributed by atoms with Gasteiger partial charge in [-0.1, -0.05) is 6.92 Å². The maximum absolute atomic E-state index is 3.58. The van der Waals surface area contributed by atoms with Crippen LogP contribution in [0.5, 0.6) is 0 Å². The van der Waals surface area contributed by atoms with Gasteiger partial charge in [-0.2, -0.15) is 0 Å². The van der Waals surface area contributed by atoms with E-state index in [4.69, 9.17) is 0 Å². The fourth-order valence-electron chi connectivity index (χ4n) is 3.24. The lowest BCUT2D eigenvalue weighted by Gasteiger charge is -2.29. The minimum atomic E-state index is 0.751. The Hall–Kier alpha value is -0.120. The quantitative estimate of drug-likeness (QED) is 0.757. The lowest BCUT2D eigenvalue weighted by atomic mass is 10.2. The molecule has 94 valence electrons. The Morgan fingerprint density at radius 2 is 2.12 bits per heavy atom. The van der Waals surface area contributed by atoms with Gasteiger partial charge >= 0.3 is 0 Å². The maximum Gasteiger partial charge on any atom is 0.0223 e. The molecule has 0 amide bonds. The van der Waals surface area contributed by atoms with Crippen LogP contribution in [0.1, 0.15) is 32.6 Å². The van der Waals surface area contributed by atoms with Crippen molar-refractivity contribution in [3.63, 3.8) is 0 Å². The molecule has 0 aliphatic carbocycles. The van der Waals surface area contributed by atoms with E-state index in [2.05, 4.69) is 29.1 Å². The van der Waals surface area contributed by atoms with Gasteiger partial charge in [-0.25, -0.2) is 0 Å². The van der Waals surface area contributed by atoms with E-state index in [9.17, 15) is 0 Å². The zero-order valence-corrected chi connectivity index (χ0v) is 10.9. The maximum atomic E-state index is 3.58. The first kappa shape index (κ1) is 12.3. The molecule has 0 saturated carbocycles. The molecule has 2 rings (SSSR count). The van der Waals surface area contributed by atoms with Crippen molar-refractivity contribution in [1.29, 1.82) is 0 Å². The second-order valence-electron chi connectivity index (χ2n) is 5.44. The van der Waals surface area contributed by atoms with Crippen LogP contribution in [0, 0.1) is 0 Å². The zero-order chi connectivity index (χ0) is 11.4. The molecule has 2 aliphatic heterocycles. The minimum absolute atomic E-state index is 0.751. The summed E-state index contributed by atoms with van der Waals surface area (Å²) in [7, 11) is 2.28. The van der Waals surface area contributed by atoms with E-state index >= 15 is 0 Å². The summed E-state index contributed by atoms with van der Waals surface area (Å²) in [6.07, 6.45) is 5.53. The van der Waals surface area contributed by atoms with Crippen LogP contribution in [-0.4, -0.2) is 61.7 Å². The van der Waals surface area contributed by atoms with Gasteiger partial charge in [0.15, 0.2) is 0 Å². The van der Waals surface area contributed by atoms with E-state index in [0.717, 1.165) is 12.1 Å². The highest BCUT2D eigenvalue weighted by molar-refractivity contribution is 4.83. The van der Waals surface area contributed by atoms with Crippen molar-refractivity contribution in [2.45, 2.75) is 44.7 Å². The molecular weight excluding hydrogens is 198 g/mol. The van der Waals surface area contributed by atoms with Gasteiger partial charge in [0, 0.05) is 25.2 Å². The number of nitrogens with zero attached hydrogens (tertiary/aromatic N) is 2. The SMILES string of the molecule is CCN1CCCC1CN(C)CC1CCCN1. The van der Waals surface area contributed by atoms with Crippen molar-refractivity contribution < 1.29 is 0 Å². The standard InChI is InChI=1S/C13H27N3/c1-3-16-9-5-7-13(16)11-15(2)10-12-6-4-8-14-12/h12-14H,3-11H2,1-2H3. The third kappa shape index (κ3) is 3.19. The third-order valence-electron chi connectivity index (χ3n) is 4.12. The van der Waals surface area contributed by atoms with Crippen molar-refractivity contribution in [2.24, 2.45) is 0 Å². The molecule has 2 atom stereocenters. The van der Waals surface area contributed by atoms with Gasteiger partial charge in [-0.15, -0.1) is 0 Å². The highest BCUT2D eigenvalue weighted by Crippen LogP contribution is 2.17. The van der Waals surface area contributed by atoms with Crippen molar-refractivity contribution >= 4 is 0 Å². The Labute approximate surface area is 100 Å². The second kappa shape index (κ2) is 5.99.